The highest BCUT2D eigenvalue weighted by Crippen LogP contribution is 2.29. The van der Waals surface area contributed by atoms with Crippen molar-refractivity contribution in [1.29, 1.82) is 0 Å². The van der Waals surface area contributed by atoms with Gasteiger partial charge in [-0.05, 0) is 52.3 Å². The smallest absolute Gasteiger partial charge is 0.333 e. The largest absolute Gasteiger partial charge is 0.487 e. The van der Waals surface area contributed by atoms with Crippen LogP contribution in [0.15, 0.2) is 62.7 Å². The molecule has 4 aromatic rings. The van der Waals surface area contributed by atoms with Gasteiger partial charge >= 0.3 is 5.69 Å². The van der Waals surface area contributed by atoms with Crippen LogP contribution < -0.4 is 16.0 Å². The Hall–Kier alpha value is -2.68. The number of halogens is 4. The number of hydrogen-bond acceptors (Lipinski definition) is 4. The first-order valence-corrected chi connectivity index (χ1v) is 10.1. The highest BCUT2D eigenvalue weighted by atomic mass is 79.9. The van der Waals surface area contributed by atoms with Crippen LogP contribution >= 0.6 is 39.1 Å². The second-order valence-electron chi connectivity index (χ2n) is 6.19. The molecule has 1 N–H and O–H groups in total. The number of fused-ring (bicyclic) bond motifs is 1. The fraction of sp³-hybridized carbons (Fsp3) is 0.0500. The summed E-state index contributed by atoms with van der Waals surface area (Å²) in [6.07, 6.45) is 1.45. The predicted octanol–water partition coefficient (Wildman–Crippen LogP) is 4.86. The van der Waals surface area contributed by atoms with E-state index in [0.29, 0.717) is 9.99 Å². The van der Waals surface area contributed by atoms with E-state index in [9.17, 15) is 14.0 Å². The second-order valence-corrected chi connectivity index (χ2v) is 7.83. The summed E-state index contributed by atoms with van der Waals surface area (Å²) in [6, 6.07) is 10.4. The summed E-state index contributed by atoms with van der Waals surface area (Å²) in [5.41, 5.74) is -0.828. The molecule has 0 unspecified atom stereocenters. The van der Waals surface area contributed by atoms with Crippen LogP contribution in [0, 0.1) is 5.82 Å². The molecule has 6 nitrogen and oxygen atoms in total. The van der Waals surface area contributed by atoms with Crippen molar-refractivity contribution in [2.24, 2.45) is 0 Å². The zero-order chi connectivity index (χ0) is 21.4. The minimum atomic E-state index is -0.694. The van der Waals surface area contributed by atoms with Gasteiger partial charge < -0.3 is 9.72 Å². The van der Waals surface area contributed by atoms with Crippen LogP contribution in [0.2, 0.25) is 10.0 Å². The topological polar surface area (TPSA) is 77.0 Å². The van der Waals surface area contributed by atoms with Crippen molar-refractivity contribution in [2.75, 3.05) is 0 Å². The summed E-state index contributed by atoms with van der Waals surface area (Å²) in [7, 11) is 0. The van der Waals surface area contributed by atoms with E-state index in [1.165, 1.54) is 36.5 Å². The third kappa shape index (κ3) is 3.74. The lowest BCUT2D eigenvalue weighted by atomic mass is 10.2. The number of H-pyrrole nitrogens is 1. The lowest BCUT2D eigenvalue weighted by Crippen LogP contribution is -2.34. The van der Waals surface area contributed by atoms with Crippen LogP contribution in [-0.4, -0.2) is 14.5 Å². The third-order valence-corrected chi connectivity index (χ3v) is 5.93. The first-order chi connectivity index (χ1) is 14.4. The molecule has 0 saturated heterocycles. The molecule has 10 heteroatoms. The van der Waals surface area contributed by atoms with Crippen LogP contribution in [-0.2, 0) is 6.61 Å². The second kappa shape index (κ2) is 8.22. The van der Waals surface area contributed by atoms with E-state index in [1.54, 1.807) is 12.1 Å². The normalized spacial score (nSPS) is 11.1. The first-order valence-electron chi connectivity index (χ1n) is 8.52. The van der Waals surface area contributed by atoms with Crippen LogP contribution in [0.25, 0.3) is 16.6 Å². The number of rotatable bonds is 4. The Morgan fingerprint density at radius 3 is 2.73 bits per heavy atom. The molecule has 2 aromatic carbocycles. The van der Waals surface area contributed by atoms with E-state index in [0.717, 1.165) is 4.57 Å². The molecule has 0 atom stereocenters. The standard InChI is InChI=1S/C20H11BrCl2FN3O3/c21-11-4-6-14-17(18(11)23)19(28)27(20(29)26-14)16-8-10(3-5-12(16)22)30-9-15-13(24)2-1-7-25-15/h1-8H,9H2,(H,26,29). The van der Waals surface area contributed by atoms with E-state index in [1.807, 2.05) is 0 Å². The third-order valence-electron chi connectivity index (χ3n) is 4.33. The van der Waals surface area contributed by atoms with Crippen molar-refractivity contribution < 1.29 is 9.13 Å². The SMILES string of the molecule is O=c1[nH]c2ccc(Br)c(Cl)c2c(=O)n1-c1cc(OCc2ncccc2F)ccc1Cl. The Bertz CT molecular complexity index is 1400. The summed E-state index contributed by atoms with van der Waals surface area (Å²) in [6.45, 7) is -0.143. The van der Waals surface area contributed by atoms with Crippen molar-refractivity contribution in [3.05, 3.63) is 95.5 Å². The quantitative estimate of drug-likeness (QED) is 0.425. The van der Waals surface area contributed by atoms with Gasteiger partial charge in [0, 0.05) is 16.7 Å². The fourth-order valence-electron chi connectivity index (χ4n) is 2.89. The molecular weight excluding hydrogens is 500 g/mol. The number of pyridine rings is 1. The van der Waals surface area contributed by atoms with E-state index in [-0.39, 0.29) is 39.2 Å². The summed E-state index contributed by atoms with van der Waals surface area (Å²) >= 11 is 15.8. The summed E-state index contributed by atoms with van der Waals surface area (Å²) in [4.78, 5) is 32.3. The van der Waals surface area contributed by atoms with Crippen molar-refractivity contribution in [1.82, 2.24) is 14.5 Å². The van der Waals surface area contributed by atoms with Gasteiger partial charge in [-0.1, -0.05) is 23.2 Å². The molecule has 0 aliphatic heterocycles. The Morgan fingerprint density at radius 2 is 1.97 bits per heavy atom. The number of aromatic nitrogens is 3. The molecular formula is C20H11BrCl2FN3O3. The van der Waals surface area contributed by atoms with Crippen molar-refractivity contribution in [3.8, 4) is 11.4 Å². The Morgan fingerprint density at radius 1 is 1.17 bits per heavy atom. The summed E-state index contributed by atoms with van der Waals surface area (Å²) in [5, 5.41) is 0.435. The first kappa shape index (κ1) is 20.6. The lowest BCUT2D eigenvalue weighted by molar-refractivity contribution is 0.294. The monoisotopic (exact) mass is 509 g/mol. The van der Waals surface area contributed by atoms with E-state index < -0.39 is 17.1 Å². The van der Waals surface area contributed by atoms with Gasteiger partial charge in [0.15, 0.2) is 0 Å². The molecule has 2 heterocycles. The van der Waals surface area contributed by atoms with Gasteiger partial charge in [-0.25, -0.2) is 13.8 Å². The maximum atomic E-state index is 13.8. The minimum Gasteiger partial charge on any atom is -0.487 e. The zero-order valence-electron chi connectivity index (χ0n) is 15.0. The highest BCUT2D eigenvalue weighted by Gasteiger charge is 2.17. The Balaban J connectivity index is 1.81. The van der Waals surface area contributed by atoms with Crippen LogP contribution in [0.5, 0.6) is 5.75 Å². The van der Waals surface area contributed by atoms with Gasteiger partial charge in [-0.15, -0.1) is 0 Å². The van der Waals surface area contributed by atoms with Gasteiger partial charge in [0.1, 0.15) is 23.9 Å². The molecule has 0 spiro atoms. The van der Waals surface area contributed by atoms with Crippen molar-refractivity contribution in [2.45, 2.75) is 6.61 Å². The van der Waals surface area contributed by atoms with Crippen molar-refractivity contribution in [3.63, 3.8) is 0 Å². The minimum absolute atomic E-state index is 0.0971. The average Bonchev–Trinajstić information content (AvgIpc) is 2.72. The zero-order valence-corrected chi connectivity index (χ0v) is 18.1. The molecule has 2 aromatic heterocycles. The molecule has 0 radical (unpaired) electrons. The molecule has 0 fully saturated rings. The Kier molecular flexibility index (Phi) is 5.64. The number of hydrogen-bond donors (Lipinski definition) is 1. The lowest BCUT2D eigenvalue weighted by Gasteiger charge is -2.12. The number of nitrogens with zero attached hydrogens (tertiary/aromatic N) is 2. The highest BCUT2D eigenvalue weighted by molar-refractivity contribution is 9.10. The fourth-order valence-corrected chi connectivity index (χ4v) is 3.67. The molecule has 0 aliphatic rings. The van der Waals surface area contributed by atoms with Crippen LogP contribution in [0.4, 0.5) is 4.39 Å². The summed E-state index contributed by atoms with van der Waals surface area (Å²) in [5.74, 6) is -0.236. The molecule has 0 bridgehead atoms. The molecule has 0 saturated carbocycles. The van der Waals surface area contributed by atoms with Crippen LogP contribution in [0.3, 0.4) is 0 Å². The Labute approximate surface area is 187 Å². The predicted molar refractivity (Wildman–Crippen MR) is 116 cm³/mol. The number of nitrogens with one attached hydrogen (secondary N) is 1. The molecule has 152 valence electrons. The molecule has 30 heavy (non-hydrogen) atoms. The van der Waals surface area contributed by atoms with Crippen molar-refractivity contribution >= 4 is 50.0 Å². The molecule has 0 amide bonds. The molecule has 0 aliphatic carbocycles. The van der Waals surface area contributed by atoms with Gasteiger partial charge in [-0.2, -0.15) is 0 Å². The van der Waals surface area contributed by atoms with Gasteiger partial charge in [0.2, 0.25) is 0 Å². The van der Waals surface area contributed by atoms with E-state index in [4.69, 9.17) is 27.9 Å². The van der Waals surface area contributed by atoms with Gasteiger partial charge in [0.05, 0.1) is 26.6 Å². The number of aromatic amines is 1. The van der Waals surface area contributed by atoms with Gasteiger partial charge in [-0.3, -0.25) is 9.78 Å². The molecule has 4 rings (SSSR count). The van der Waals surface area contributed by atoms with E-state index in [2.05, 4.69) is 25.9 Å². The number of benzene rings is 2. The van der Waals surface area contributed by atoms with Crippen LogP contribution in [0.1, 0.15) is 5.69 Å². The van der Waals surface area contributed by atoms with Gasteiger partial charge in [0.25, 0.3) is 5.56 Å². The van der Waals surface area contributed by atoms with E-state index >= 15 is 0 Å². The maximum absolute atomic E-state index is 13.8. The maximum Gasteiger partial charge on any atom is 0.333 e. The average molecular weight is 511 g/mol. The summed E-state index contributed by atoms with van der Waals surface area (Å²) < 4.78 is 20.7. The number of ether oxygens (including phenoxy) is 1.